The number of esters is 1. The van der Waals surface area contributed by atoms with Crippen LogP contribution in [0.4, 0.5) is 0 Å². The van der Waals surface area contributed by atoms with Crippen molar-refractivity contribution >= 4 is 11.9 Å². The molecule has 0 aliphatic heterocycles. The molecular weight excluding hydrogens is 244 g/mol. The highest BCUT2D eigenvalue weighted by molar-refractivity contribution is 5.94. The normalized spacial score (nSPS) is 14.2. The molecule has 1 aromatic rings. The van der Waals surface area contributed by atoms with Crippen molar-refractivity contribution < 1.29 is 14.3 Å². The van der Waals surface area contributed by atoms with Crippen LogP contribution in [0.15, 0.2) is 18.3 Å². The topological polar surface area (TPSA) is 51.5 Å². The maximum atomic E-state index is 12.4. The van der Waals surface area contributed by atoms with Crippen molar-refractivity contribution in [3.05, 3.63) is 24.0 Å². The molecule has 1 fully saturated rings. The first-order valence-electron chi connectivity index (χ1n) is 6.79. The van der Waals surface area contributed by atoms with Gasteiger partial charge in [-0.2, -0.15) is 0 Å². The van der Waals surface area contributed by atoms with Crippen LogP contribution in [0.5, 0.6) is 0 Å². The summed E-state index contributed by atoms with van der Waals surface area (Å²) in [5.74, 6) is -0.463. The molecule has 0 radical (unpaired) electrons. The second kappa shape index (κ2) is 5.91. The number of hydrogen-bond donors (Lipinski definition) is 0. The highest BCUT2D eigenvalue weighted by atomic mass is 16.5. The number of nitrogens with zero attached hydrogens (tertiary/aromatic N) is 2. The number of likely N-dealkylation sites (N-methyl/N-ethyl adjacent to an activating group) is 1. The Morgan fingerprint density at radius 3 is 2.74 bits per heavy atom. The number of hydrogen-bond acceptors (Lipinski definition) is 3. The van der Waals surface area contributed by atoms with Gasteiger partial charge in [-0.05, 0) is 38.8 Å². The van der Waals surface area contributed by atoms with Crippen molar-refractivity contribution in [2.75, 3.05) is 19.7 Å². The van der Waals surface area contributed by atoms with E-state index < -0.39 is 0 Å². The lowest BCUT2D eigenvalue weighted by Gasteiger charge is -2.20. The van der Waals surface area contributed by atoms with Gasteiger partial charge in [0.05, 0.1) is 6.61 Å². The molecule has 1 saturated carbocycles. The van der Waals surface area contributed by atoms with Crippen LogP contribution in [0.3, 0.4) is 0 Å². The van der Waals surface area contributed by atoms with E-state index in [4.69, 9.17) is 4.74 Å². The summed E-state index contributed by atoms with van der Waals surface area (Å²) < 4.78 is 6.90. The van der Waals surface area contributed by atoms with Crippen molar-refractivity contribution in [2.24, 2.45) is 0 Å². The van der Waals surface area contributed by atoms with Crippen molar-refractivity contribution in [3.8, 4) is 0 Å². The maximum Gasteiger partial charge on any atom is 0.325 e. The summed E-state index contributed by atoms with van der Waals surface area (Å²) in [4.78, 5) is 25.4. The SMILES string of the molecule is CCOC(=O)CN(CC)C(=O)c1cccn1C1CC1. The minimum atomic E-state index is -0.359. The molecule has 1 heterocycles. The summed E-state index contributed by atoms with van der Waals surface area (Å²) in [6.45, 7) is 4.46. The standard InChI is InChI=1S/C14H20N2O3/c1-3-15(10-13(17)19-4-2)14(18)12-6-5-9-16(12)11-7-8-11/h5-6,9,11H,3-4,7-8,10H2,1-2H3. The second-order valence-corrected chi connectivity index (χ2v) is 4.66. The Morgan fingerprint density at radius 1 is 1.42 bits per heavy atom. The van der Waals surface area contributed by atoms with Crippen LogP contribution in [0.2, 0.25) is 0 Å². The predicted octanol–water partition coefficient (Wildman–Crippen LogP) is 1.85. The van der Waals surface area contributed by atoms with E-state index in [0.717, 1.165) is 12.8 Å². The first-order chi connectivity index (χ1) is 9.17. The molecule has 0 atom stereocenters. The molecule has 1 aromatic heterocycles. The zero-order chi connectivity index (χ0) is 13.8. The highest BCUT2D eigenvalue weighted by Crippen LogP contribution is 2.36. The van der Waals surface area contributed by atoms with E-state index in [-0.39, 0.29) is 18.4 Å². The maximum absolute atomic E-state index is 12.4. The van der Waals surface area contributed by atoms with Crippen molar-refractivity contribution in [2.45, 2.75) is 32.7 Å². The van der Waals surface area contributed by atoms with E-state index in [1.54, 1.807) is 6.92 Å². The van der Waals surface area contributed by atoms with Crippen LogP contribution in [0.25, 0.3) is 0 Å². The summed E-state index contributed by atoms with van der Waals surface area (Å²) >= 11 is 0. The summed E-state index contributed by atoms with van der Waals surface area (Å²) in [6, 6.07) is 4.15. The summed E-state index contributed by atoms with van der Waals surface area (Å²) in [5, 5.41) is 0. The van der Waals surface area contributed by atoms with Crippen LogP contribution in [0.1, 0.15) is 43.2 Å². The molecule has 104 valence electrons. The fourth-order valence-corrected chi connectivity index (χ4v) is 2.10. The van der Waals surface area contributed by atoms with Gasteiger partial charge in [-0.25, -0.2) is 0 Å². The van der Waals surface area contributed by atoms with Crippen molar-refractivity contribution in [1.82, 2.24) is 9.47 Å². The van der Waals surface area contributed by atoms with Gasteiger partial charge in [-0.15, -0.1) is 0 Å². The first kappa shape index (κ1) is 13.6. The highest BCUT2D eigenvalue weighted by Gasteiger charge is 2.28. The molecule has 0 spiro atoms. The lowest BCUT2D eigenvalue weighted by molar-refractivity contribution is -0.143. The Morgan fingerprint density at radius 2 is 2.16 bits per heavy atom. The van der Waals surface area contributed by atoms with Gasteiger partial charge in [-0.3, -0.25) is 9.59 Å². The van der Waals surface area contributed by atoms with E-state index >= 15 is 0 Å². The lowest BCUT2D eigenvalue weighted by atomic mass is 10.3. The number of ether oxygens (including phenoxy) is 1. The minimum Gasteiger partial charge on any atom is -0.465 e. The van der Waals surface area contributed by atoms with E-state index in [9.17, 15) is 9.59 Å². The van der Waals surface area contributed by atoms with Crippen molar-refractivity contribution in [3.63, 3.8) is 0 Å². The third-order valence-corrected chi connectivity index (χ3v) is 3.23. The van der Waals surface area contributed by atoms with Gasteiger partial charge in [0.15, 0.2) is 0 Å². The Balaban J connectivity index is 2.07. The van der Waals surface area contributed by atoms with Gasteiger partial charge < -0.3 is 14.2 Å². The number of amides is 1. The monoisotopic (exact) mass is 264 g/mol. The van der Waals surface area contributed by atoms with E-state index in [1.807, 2.05) is 29.8 Å². The molecule has 1 aliphatic carbocycles. The first-order valence-corrected chi connectivity index (χ1v) is 6.79. The molecule has 0 N–H and O–H groups in total. The Hall–Kier alpha value is -1.78. The average molecular weight is 264 g/mol. The molecule has 5 nitrogen and oxygen atoms in total. The summed E-state index contributed by atoms with van der Waals surface area (Å²) in [5.41, 5.74) is 0.661. The Labute approximate surface area is 113 Å². The Kier molecular flexibility index (Phi) is 4.24. The smallest absolute Gasteiger partial charge is 0.325 e. The van der Waals surface area contributed by atoms with Crippen LogP contribution < -0.4 is 0 Å². The van der Waals surface area contributed by atoms with Crippen LogP contribution >= 0.6 is 0 Å². The molecule has 0 unspecified atom stereocenters. The molecule has 0 bridgehead atoms. The Bertz CT molecular complexity index is 463. The van der Waals surface area contributed by atoms with E-state index in [1.165, 1.54) is 4.90 Å². The van der Waals surface area contributed by atoms with Gasteiger partial charge in [0.25, 0.3) is 5.91 Å². The second-order valence-electron chi connectivity index (χ2n) is 4.66. The third-order valence-electron chi connectivity index (χ3n) is 3.23. The largest absolute Gasteiger partial charge is 0.465 e. The molecule has 2 rings (SSSR count). The van der Waals surface area contributed by atoms with Gasteiger partial charge in [-0.1, -0.05) is 0 Å². The number of aromatic nitrogens is 1. The molecule has 19 heavy (non-hydrogen) atoms. The van der Waals surface area contributed by atoms with Gasteiger partial charge in [0.1, 0.15) is 12.2 Å². The predicted molar refractivity (Wildman–Crippen MR) is 70.9 cm³/mol. The van der Waals surface area contributed by atoms with Crippen molar-refractivity contribution in [1.29, 1.82) is 0 Å². The fourth-order valence-electron chi connectivity index (χ4n) is 2.10. The van der Waals surface area contributed by atoms with E-state index in [2.05, 4.69) is 0 Å². The lowest BCUT2D eigenvalue weighted by Crippen LogP contribution is -2.37. The quantitative estimate of drug-likeness (QED) is 0.737. The summed E-state index contributed by atoms with van der Waals surface area (Å²) in [7, 11) is 0. The third kappa shape index (κ3) is 3.16. The number of carbonyl (C=O) groups excluding carboxylic acids is 2. The molecule has 1 aliphatic rings. The number of rotatable bonds is 6. The van der Waals surface area contributed by atoms with E-state index in [0.29, 0.717) is 24.9 Å². The fraction of sp³-hybridized carbons (Fsp3) is 0.571. The van der Waals surface area contributed by atoms with Crippen LogP contribution in [-0.2, 0) is 9.53 Å². The van der Waals surface area contributed by atoms with Crippen LogP contribution in [0, 0.1) is 0 Å². The molecule has 1 amide bonds. The molecule has 0 saturated heterocycles. The van der Waals surface area contributed by atoms with Gasteiger partial charge >= 0.3 is 5.97 Å². The van der Waals surface area contributed by atoms with Gasteiger partial charge in [0.2, 0.25) is 0 Å². The molecule has 5 heteroatoms. The minimum absolute atomic E-state index is 0.0129. The zero-order valence-corrected chi connectivity index (χ0v) is 11.5. The average Bonchev–Trinajstić information content (AvgIpc) is 3.13. The molecule has 0 aromatic carbocycles. The number of carbonyl (C=O) groups is 2. The van der Waals surface area contributed by atoms with Gasteiger partial charge in [0, 0.05) is 18.8 Å². The molecular formula is C14H20N2O3. The summed E-state index contributed by atoms with van der Waals surface area (Å²) in [6.07, 6.45) is 4.18. The zero-order valence-electron chi connectivity index (χ0n) is 11.5. The van der Waals surface area contributed by atoms with Crippen LogP contribution in [-0.4, -0.2) is 41.0 Å².